The van der Waals surface area contributed by atoms with Gasteiger partial charge >= 0.3 is 0 Å². The summed E-state index contributed by atoms with van der Waals surface area (Å²) in [5, 5.41) is 2.81. The Hall–Kier alpha value is -1.91. The Morgan fingerprint density at radius 3 is 2.37 bits per heavy atom. The molecule has 2 unspecified atom stereocenters. The van der Waals surface area contributed by atoms with Crippen molar-refractivity contribution in [3.8, 4) is 0 Å². The molecule has 104 valence electrons. The Labute approximate surface area is 112 Å². The topological polar surface area (TPSA) is 72.2 Å². The monoisotopic (exact) mass is 266 g/mol. The fraction of sp³-hybridized carbons (Fsp3) is 0.429. The van der Waals surface area contributed by atoms with E-state index in [9.17, 15) is 14.0 Å². The van der Waals surface area contributed by atoms with E-state index in [4.69, 9.17) is 5.73 Å². The fourth-order valence-corrected chi connectivity index (χ4v) is 1.70. The number of amides is 2. The maximum atomic E-state index is 12.9. The van der Waals surface area contributed by atoms with Crippen molar-refractivity contribution in [2.45, 2.75) is 38.6 Å². The molecule has 19 heavy (non-hydrogen) atoms. The Morgan fingerprint density at radius 1 is 1.32 bits per heavy atom. The predicted molar refractivity (Wildman–Crippen MR) is 70.8 cm³/mol. The summed E-state index contributed by atoms with van der Waals surface area (Å²) >= 11 is 0. The standard InChI is InChI=1S/C14H19FN2O2/c1-3-9(2)17-14(19)12(8-13(16)18)10-4-6-11(15)7-5-10/h4-7,9,12H,3,8H2,1-2H3,(H2,16,18)(H,17,19). The summed E-state index contributed by atoms with van der Waals surface area (Å²) in [6.07, 6.45) is 0.701. The van der Waals surface area contributed by atoms with Gasteiger partial charge in [0.1, 0.15) is 5.82 Å². The third-order valence-corrected chi connectivity index (χ3v) is 3.00. The highest BCUT2D eigenvalue weighted by Crippen LogP contribution is 2.20. The van der Waals surface area contributed by atoms with Crippen molar-refractivity contribution < 1.29 is 14.0 Å². The number of hydrogen-bond acceptors (Lipinski definition) is 2. The lowest BCUT2D eigenvalue weighted by Crippen LogP contribution is -2.37. The second kappa shape index (κ2) is 6.87. The number of halogens is 1. The second-order valence-corrected chi connectivity index (χ2v) is 4.59. The molecular weight excluding hydrogens is 247 g/mol. The summed E-state index contributed by atoms with van der Waals surface area (Å²) in [4.78, 5) is 23.2. The molecule has 0 bridgehead atoms. The van der Waals surface area contributed by atoms with Crippen LogP contribution >= 0.6 is 0 Å². The Morgan fingerprint density at radius 2 is 1.89 bits per heavy atom. The van der Waals surface area contributed by atoms with Crippen LogP contribution in [0.25, 0.3) is 0 Å². The van der Waals surface area contributed by atoms with Crippen LogP contribution in [0.5, 0.6) is 0 Å². The molecule has 0 fully saturated rings. The molecule has 0 saturated carbocycles. The maximum Gasteiger partial charge on any atom is 0.228 e. The predicted octanol–water partition coefficient (Wildman–Crippen LogP) is 1.70. The SMILES string of the molecule is CCC(C)NC(=O)C(CC(N)=O)c1ccc(F)cc1. The lowest BCUT2D eigenvalue weighted by Gasteiger charge is -2.19. The van der Waals surface area contributed by atoms with Gasteiger partial charge in [-0.15, -0.1) is 0 Å². The van der Waals surface area contributed by atoms with Crippen molar-refractivity contribution in [2.75, 3.05) is 0 Å². The highest BCUT2D eigenvalue weighted by molar-refractivity contribution is 5.89. The van der Waals surface area contributed by atoms with Crippen molar-refractivity contribution in [3.05, 3.63) is 35.6 Å². The summed E-state index contributed by atoms with van der Waals surface area (Å²) in [6, 6.07) is 5.54. The van der Waals surface area contributed by atoms with Gasteiger partial charge in [0.05, 0.1) is 5.92 Å². The normalized spacial score (nSPS) is 13.6. The van der Waals surface area contributed by atoms with Gasteiger partial charge < -0.3 is 11.1 Å². The largest absolute Gasteiger partial charge is 0.370 e. The summed E-state index contributed by atoms with van der Waals surface area (Å²) in [5.74, 6) is -1.88. The van der Waals surface area contributed by atoms with Crippen LogP contribution in [0.2, 0.25) is 0 Å². The van der Waals surface area contributed by atoms with Crippen molar-refractivity contribution in [3.63, 3.8) is 0 Å². The quantitative estimate of drug-likeness (QED) is 0.822. The number of primary amides is 1. The maximum absolute atomic E-state index is 12.9. The number of carbonyl (C=O) groups excluding carboxylic acids is 2. The summed E-state index contributed by atoms with van der Waals surface area (Å²) in [7, 11) is 0. The minimum absolute atomic E-state index is 0.0170. The zero-order valence-electron chi connectivity index (χ0n) is 11.2. The van der Waals surface area contributed by atoms with Crippen LogP contribution in [-0.2, 0) is 9.59 Å². The molecule has 0 spiro atoms. The summed E-state index contributed by atoms with van der Waals surface area (Å²) < 4.78 is 12.9. The lowest BCUT2D eigenvalue weighted by molar-refractivity contribution is -0.127. The highest BCUT2D eigenvalue weighted by Gasteiger charge is 2.23. The average Bonchev–Trinajstić information content (AvgIpc) is 2.36. The first kappa shape index (κ1) is 15.1. The molecule has 0 aromatic heterocycles. The van der Waals surface area contributed by atoms with Gasteiger partial charge in [-0.05, 0) is 31.0 Å². The molecule has 1 aromatic carbocycles. The zero-order chi connectivity index (χ0) is 14.4. The van der Waals surface area contributed by atoms with Crippen molar-refractivity contribution in [2.24, 2.45) is 5.73 Å². The third-order valence-electron chi connectivity index (χ3n) is 3.00. The molecule has 3 N–H and O–H groups in total. The molecule has 0 aliphatic carbocycles. The van der Waals surface area contributed by atoms with E-state index in [2.05, 4.69) is 5.32 Å². The molecule has 2 amide bonds. The van der Waals surface area contributed by atoms with Crippen molar-refractivity contribution in [1.82, 2.24) is 5.32 Å². The van der Waals surface area contributed by atoms with Crippen LogP contribution in [0.15, 0.2) is 24.3 Å². The van der Waals surface area contributed by atoms with E-state index >= 15 is 0 Å². The van der Waals surface area contributed by atoms with Crippen LogP contribution in [0.3, 0.4) is 0 Å². The van der Waals surface area contributed by atoms with E-state index < -0.39 is 11.8 Å². The smallest absolute Gasteiger partial charge is 0.228 e. The van der Waals surface area contributed by atoms with E-state index in [1.165, 1.54) is 24.3 Å². The number of nitrogens with one attached hydrogen (secondary N) is 1. The van der Waals surface area contributed by atoms with E-state index in [-0.39, 0.29) is 24.2 Å². The van der Waals surface area contributed by atoms with E-state index in [1.807, 2.05) is 13.8 Å². The molecule has 5 heteroatoms. The molecule has 0 aliphatic heterocycles. The molecule has 1 aromatic rings. The molecule has 0 heterocycles. The molecule has 0 aliphatic rings. The lowest BCUT2D eigenvalue weighted by atomic mass is 9.94. The van der Waals surface area contributed by atoms with Crippen LogP contribution in [-0.4, -0.2) is 17.9 Å². The fourth-order valence-electron chi connectivity index (χ4n) is 1.70. The average molecular weight is 266 g/mol. The van der Waals surface area contributed by atoms with Gasteiger partial charge in [0.25, 0.3) is 0 Å². The molecular formula is C14H19FN2O2. The van der Waals surface area contributed by atoms with Gasteiger partial charge in [-0.25, -0.2) is 4.39 Å². The third kappa shape index (κ3) is 4.69. The Bertz CT molecular complexity index is 445. The highest BCUT2D eigenvalue weighted by atomic mass is 19.1. The molecule has 2 atom stereocenters. The van der Waals surface area contributed by atoms with Crippen molar-refractivity contribution >= 4 is 11.8 Å². The Balaban J connectivity index is 2.91. The molecule has 1 rings (SSSR count). The van der Waals surface area contributed by atoms with Crippen LogP contribution < -0.4 is 11.1 Å². The first-order valence-corrected chi connectivity index (χ1v) is 6.28. The number of benzene rings is 1. The van der Waals surface area contributed by atoms with Gasteiger partial charge in [0.15, 0.2) is 0 Å². The number of hydrogen-bond donors (Lipinski definition) is 2. The number of nitrogens with two attached hydrogens (primary N) is 1. The van der Waals surface area contributed by atoms with Crippen LogP contribution in [0, 0.1) is 5.82 Å². The van der Waals surface area contributed by atoms with Gasteiger partial charge in [-0.3, -0.25) is 9.59 Å². The van der Waals surface area contributed by atoms with Gasteiger partial charge in [0, 0.05) is 12.5 Å². The van der Waals surface area contributed by atoms with E-state index in [0.29, 0.717) is 5.56 Å². The first-order valence-electron chi connectivity index (χ1n) is 6.28. The van der Waals surface area contributed by atoms with Gasteiger partial charge in [-0.1, -0.05) is 19.1 Å². The zero-order valence-corrected chi connectivity index (χ0v) is 11.2. The molecule has 0 radical (unpaired) electrons. The van der Waals surface area contributed by atoms with E-state index in [0.717, 1.165) is 6.42 Å². The van der Waals surface area contributed by atoms with Crippen LogP contribution in [0.1, 0.15) is 38.2 Å². The van der Waals surface area contributed by atoms with Crippen LogP contribution in [0.4, 0.5) is 4.39 Å². The number of carbonyl (C=O) groups is 2. The van der Waals surface area contributed by atoms with Gasteiger partial charge in [-0.2, -0.15) is 0 Å². The minimum atomic E-state index is -0.674. The first-order chi connectivity index (χ1) is 8.93. The van der Waals surface area contributed by atoms with E-state index in [1.54, 1.807) is 0 Å². The Kier molecular flexibility index (Phi) is 5.48. The summed E-state index contributed by atoms with van der Waals surface area (Å²) in [5.41, 5.74) is 5.75. The summed E-state index contributed by atoms with van der Waals surface area (Å²) in [6.45, 7) is 3.83. The van der Waals surface area contributed by atoms with Gasteiger partial charge in [0.2, 0.25) is 11.8 Å². The molecule has 0 saturated heterocycles. The number of rotatable bonds is 6. The minimum Gasteiger partial charge on any atom is -0.370 e. The second-order valence-electron chi connectivity index (χ2n) is 4.59. The molecule has 4 nitrogen and oxygen atoms in total. The van der Waals surface area contributed by atoms with Crippen molar-refractivity contribution in [1.29, 1.82) is 0 Å².